The molecule has 0 aliphatic rings. The van der Waals surface area contributed by atoms with Crippen molar-refractivity contribution >= 4 is 28.3 Å². The first-order valence-corrected chi connectivity index (χ1v) is 3.79. The van der Waals surface area contributed by atoms with E-state index in [1.54, 1.807) is 0 Å². The number of non-ortho nitro benzene ring substituents is 1. The molecule has 1 rings (SSSR count). The van der Waals surface area contributed by atoms with E-state index in [0.717, 1.165) is 18.2 Å². The number of hydrogen-bond acceptors (Lipinski definition) is 3. The summed E-state index contributed by atoms with van der Waals surface area (Å²) in [7, 11) is 0. The third kappa shape index (κ3) is 2.40. The molecule has 0 unspecified atom stereocenters. The lowest BCUT2D eigenvalue weighted by atomic mass is 10.2. The molecule has 0 spiro atoms. The zero-order valence-electron chi connectivity index (χ0n) is 6.66. The largest absolute Gasteiger partial charge is 0.318 e. The van der Waals surface area contributed by atoms with Crippen LogP contribution in [0.25, 0.3) is 0 Å². The van der Waals surface area contributed by atoms with Crippen molar-refractivity contribution in [3.8, 4) is 0 Å². The third-order valence-corrected chi connectivity index (χ3v) is 1.49. The Morgan fingerprint density at radius 2 is 2.21 bits per heavy atom. The molecule has 1 aromatic carbocycles. The first-order chi connectivity index (χ1) is 6.50. The number of carbonyl (C=O) groups is 1. The summed E-state index contributed by atoms with van der Waals surface area (Å²) in [6.45, 7) is 0. The molecule has 0 aliphatic carbocycles. The van der Waals surface area contributed by atoms with E-state index >= 15 is 0 Å². The molecule has 74 valence electrons. The highest BCUT2D eigenvalue weighted by Gasteiger charge is 2.11. The Balaban J connectivity index is 3.08. The van der Waals surface area contributed by atoms with Crippen molar-refractivity contribution < 1.29 is 14.1 Å². The molecule has 0 aliphatic heterocycles. The Labute approximate surface area is 82.6 Å². The van der Waals surface area contributed by atoms with Gasteiger partial charge in [-0.3, -0.25) is 14.9 Å². The van der Waals surface area contributed by atoms with Crippen LogP contribution in [0, 0.1) is 15.9 Å². The van der Waals surface area contributed by atoms with E-state index in [-0.39, 0.29) is 11.4 Å². The van der Waals surface area contributed by atoms with Gasteiger partial charge >= 0.3 is 5.37 Å². The molecule has 5 nitrogen and oxygen atoms in total. The van der Waals surface area contributed by atoms with Gasteiger partial charge in [-0.2, -0.15) is 0 Å². The van der Waals surface area contributed by atoms with Gasteiger partial charge in [-0.1, -0.05) is 0 Å². The van der Waals surface area contributed by atoms with Crippen LogP contribution < -0.4 is 5.32 Å². The maximum atomic E-state index is 12.9. The van der Waals surface area contributed by atoms with Crippen molar-refractivity contribution in [1.82, 2.24) is 0 Å². The van der Waals surface area contributed by atoms with E-state index < -0.39 is 16.1 Å². The van der Waals surface area contributed by atoms with Gasteiger partial charge in [0.1, 0.15) is 5.82 Å². The van der Waals surface area contributed by atoms with Crippen molar-refractivity contribution in [2.24, 2.45) is 0 Å². The molecule has 0 fully saturated rings. The number of nitrogens with one attached hydrogen (secondary N) is 1. The number of anilines is 1. The minimum absolute atomic E-state index is 0.320. The molecular weight excluding hydrogens is 215 g/mol. The maximum absolute atomic E-state index is 12.9. The second kappa shape index (κ2) is 4.01. The zero-order valence-corrected chi connectivity index (χ0v) is 7.42. The minimum atomic E-state index is -1.01. The summed E-state index contributed by atoms with van der Waals surface area (Å²) < 4.78 is 12.9. The van der Waals surface area contributed by atoms with E-state index in [9.17, 15) is 19.3 Å². The predicted octanol–water partition coefficient (Wildman–Crippen LogP) is 2.50. The number of hydrogen-bond donors (Lipinski definition) is 1. The summed E-state index contributed by atoms with van der Waals surface area (Å²) in [6, 6.07) is 2.75. The fraction of sp³-hybridized carbons (Fsp3) is 0. The van der Waals surface area contributed by atoms with Crippen molar-refractivity contribution in [2.45, 2.75) is 0 Å². The van der Waals surface area contributed by atoms with Crippen LogP contribution in [-0.2, 0) is 0 Å². The number of nitro groups is 1. The van der Waals surface area contributed by atoms with Gasteiger partial charge in [0.05, 0.1) is 10.6 Å². The van der Waals surface area contributed by atoms with Crippen LogP contribution in [0.2, 0.25) is 0 Å². The summed E-state index contributed by atoms with van der Waals surface area (Å²) >= 11 is 4.93. The number of rotatable bonds is 2. The van der Waals surface area contributed by atoms with Gasteiger partial charge in [-0.05, 0) is 17.7 Å². The van der Waals surface area contributed by atoms with E-state index in [1.165, 1.54) is 0 Å². The van der Waals surface area contributed by atoms with Crippen LogP contribution in [-0.4, -0.2) is 10.3 Å². The normalized spacial score (nSPS) is 9.57. The topological polar surface area (TPSA) is 72.2 Å². The number of nitrogens with zero attached hydrogens (tertiary/aromatic N) is 1. The molecule has 0 bridgehead atoms. The number of halogens is 2. The highest BCUT2D eigenvalue weighted by Crippen LogP contribution is 2.21. The second-order valence-corrected chi connectivity index (χ2v) is 2.66. The van der Waals surface area contributed by atoms with E-state index in [1.807, 2.05) is 5.32 Å². The lowest BCUT2D eigenvalue weighted by Gasteiger charge is -2.01. The van der Waals surface area contributed by atoms with Crippen molar-refractivity contribution in [3.63, 3.8) is 0 Å². The molecular formula is C7H4ClFN2O3. The van der Waals surface area contributed by atoms with Gasteiger partial charge < -0.3 is 5.32 Å². The molecule has 1 aromatic rings. The fourth-order valence-corrected chi connectivity index (χ4v) is 0.930. The van der Waals surface area contributed by atoms with Gasteiger partial charge in [0.15, 0.2) is 0 Å². The van der Waals surface area contributed by atoms with Crippen LogP contribution >= 0.6 is 11.6 Å². The highest BCUT2D eigenvalue weighted by atomic mass is 35.5. The Morgan fingerprint density at radius 3 is 2.71 bits per heavy atom. The number of nitro benzene ring substituents is 1. The zero-order chi connectivity index (χ0) is 10.7. The molecule has 0 aromatic heterocycles. The predicted molar refractivity (Wildman–Crippen MR) is 47.9 cm³/mol. The van der Waals surface area contributed by atoms with Crippen LogP contribution in [0.3, 0.4) is 0 Å². The monoisotopic (exact) mass is 218 g/mol. The number of amides is 1. The number of carbonyl (C=O) groups excluding carboxylic acids is 1. The minimum Gasteiger partial charge on any atom is -0.310 e. The van der Waals surface area contributed by atoms with Crippen molar-refractivity contribution in [3.05, 3.63) is 34.1 Å². The van der Waals surface area contributed by atoms with Crippen LogP contribution in [0.1, 0.15) is 0 Å². The van der Waals surface area contributed by atoms with E-state index in [4.69, 9.17) is 11.6 Å². The second-order valence-electron chi connectivity index (χ2n) is 2.32. The summed E-state index contributed by atoms with van der Waals surface area (Å²) in [6.07, 6.45) is 0. The average Bonchev–Trinajstić information content (AvgIpc) is 2.07. The lowest BCUT2D eigenvalue weighted by Crippen LogP contribution is -2.03. The van der Waals surface area contributed by atoms with Gasteiger partial charge in [0, 0.05) is 12.1 Å². The fourth-order valence-electron chi connectivity index (χ4n) is 0.828. The first-order valence-electron chi connectivity index (χ1n) is 3.41. The van der Waals surface area contributed by atoms with Crippen LogP contribution in [0.4, 0.5) is 20.6 Å². The molecule has 0 radical (unpaired) electrons. The maximum Gasteiger partial charge on any atom is 0.318 e. The lowest BCUT2D eigenvalue weighted by molar-refractivity contribution is -0.384. The van der Waals surface area contributed by atoms with Crippen LogP contribution in [0.15, 0.2) is 18.2 Å². The van der Waals surface area contributed by atoms with Crippen molar-refractivity contribution in [1.29, 1.82) is 0 Å². The van der Waals surface area contributed by atoms with Gasteiger partial charge in [-0.15, -0.1) is 0 Å². The SMILES string of the molecule is O=C(Cl)Nc1cc([N+](=O)[O-])ccc1F. The molecule has 1 amide bonds. The molecule has 14 heavy (non-hydrogen) atoms. The molecule has 1 N–H and O–H groups in total. The summed E-state index contributed by atoms with van der Waals surface area (Å²) in [5, 5.41) is 11.2. The molecule has 0 saturated carbocycles. The van der Waals surface area contributed by atoms with Gasteiger partial charge in [0.2, 0.25) is 0 Å². The number of benzene rings is 1. The average molecular weight is 219 g/mol. The van der Waals surface area contributed by atoms with Gasteiger partial charge in [0.25, 0.3) is 5.69 Å². The van der Waals surface area contributed by atoms with Crippen molar-refractivity contribution in [2.75, 3.05) is 5.32 Å². The molecule has 0 heterocycles. The third-order valence-electron chi connectivity index (χ3n) is 1.39. The Morgan fingerprint density at radius 1 is 1.57 bits per heavy atom. The quantitative estimate of drug-likeness (QED) is 0.359. The highest BCUT2D eigenvalue weighted by molar-refractivity contribution is 6.65. The van der Waals surface area contributed by atoms with Gasteiger partial charge in [-0.25, -0.2) is 4.39 Å². The van der Waals surface area contributed by atoms with E-state index in [0.29, 0.717) is 0 Å². The molecule has 0 saturated heterocycles. The van der Waals surface area contributed by atoms with E-state index in [2.05, 4.69) is 0 Å². The summed E-state index contributed by atoms with van der Waals surface area (Å²) in [5.41, 5.74) is -0.647. The Bertz CT molecular complexity index is 397. The summed E-state index contributed by atoms with van der Waals surface area (Å²) in [4.78, 5) is 19.9. The smallest absolute Gasteiger partial charge is 0.310 e. The molecule has 0 atom stereocenters. The molecule has 7 heteroatoms. The summed E-state index contributed by atoms with van der Waals surface area (Å²) in [5.74, 6) is -0.787. The first kappa shape index (κ1) is 10.4. The Kier molecular flexibility index (Phi) is 2.98. The standard InChI is InChI=1S/C7H4ClFN2O3/c8-7(12)10-6-3-4(11(13)14)1-2-5(6)9/h1-3H,(H,10,12). The van der Waals surface area contributed by atoms with Crippen LogP contribution in [0.5, 0.6) is 0 Å². The Hall–Kier alpha value is -1.69.